The maximum Gasteiger partial charge on any atom is 2.00 e. The molecule has 31 heteroatoms. The third-order valence-corrected chi connectivity index (χ3v) is 7.11. The Labute approximate surface area is 302 Å². The van der Waals surface area contributed by atoms with E-state index in [0.29, 0.717) is 0 Å². The number of fused-ring (bicyclic) bond motifs is 9. The quantitative estimate of drug-likeness (QED) is 0.170. The Morgan fingerprint density at radius 3 is 0.612 bits per heavy atom. The van der Waals surface area contributed by atoms with Crippen LogP contribution in [0.1, 0.15) is 0 Å². The van der Waals surface area contributed by atoms with Crippen LogP contribution in [-0.4, -0.2) is 44.5 Å². The molecule has 0 atom stereocenters. The van der Waals surface area contributed by atoms with Crippen LogP contribution in [0.3, 0.4) is 0 Å². The van der Waals surface area contributed by atoms with Crippen LogP contribution in [0.15, 0.2) is 30.9 Å². The molecule has 0 aromatic heterocycles. The van der Waals surface area contributed by atoms with E-state index < -0.39 is 114 Å². The van der Waals surface area contributed by atoms with Crippen molar-refractivity contribution in [3.8, 4) is 0 Å². The number of hydrogen-bond donors (Lipinski definition) is 0. The Morgan fingerprint density at radius 1 is 0.306 bits per heavy atom. The van der Waals surface area contributed by atoms with Crippen LogP contribution in [0.2, 0.25) is 0 Å². The second kappa shape index (κ2) is 15.5. The Bertz CT molecular complexity index is 1620. The van der Waals surface area contributed by atoms with Crippen molar-refractivity contribution in [3.05, 3.63) is 58.2 Å². The van der Waals surface area contributed by atoms with Gasteiger partial charge in [0, 0.05) is 10.9 Å². The van der Waals surface area contributed by atoms with E-state index in [1.807, 2.05) is 0 Å². The maximum absolute atomic E-state index is 15.0. The Morgan fingerprint density at radius 2 is 0.449 bits per heavy atom. The molecule has 12 nitrogen and oxygen atoms in total. The van der Waals surface area contributed by atoms with Gasteiger partial charge in [0.25, 0.3) is 0 Å². The van der Waals surface area contributed by atoms with Crippen LogP contribution in [0, 0.1) is 58.2 Å². The van der Waals surface area contributed by atoms with Crippen LogP contribution in [0.4, 0.5) is 43.9 Å². The van der Waals surface area contributed by atoms with Crippen LogP contribution in [0.25, 0.3) is 0 Å². The molecule has 0 saturated carbocycles. The number of benzene rings is 2. The summed E-state index contributed by atoms with van der Waals surface area (Å²) < 4.78 is 173. The van der Waals surface area contributed by atoms with E-state index in [-0.39, 0.29) is 17.1 Å². The predicted octanol–water partition coefficient (Wildman–Crippen LogP) is 5.51. The van der Waals surface area contributed by atoms with Gasteiger partial charge in [0.2, 0.25) is 31.0 Å². The van der Waals surface area contributed by atoms with Gasteiger partial charge in [0.1, 0.15) is 23.3 Å². The first-order chi connectivity index (χ1) is 22.4. The van der Waals surface area contributed by atoms with Gasteiger partial charge in [0.15, 0.2) is 34.9 Å². The molecule has 3 aliphatic heterocycles. The number of halogens is 16. The summed E-state index contributed by atoms with van der Waals surface area (Å²) in [7, 11) is 0. The molecule has 3 aliphatic rings. The van der Waals surface area contributed by atoms with E-state index in [4.69, 9.17) is 98.1 Å². The molecule has 0 amide bonds. The molecular weight excluding hydrogens is 876 g/mol. The molecule has 0 N–H and O–H groups in total. The molecule has 264 valence electrons. The third-order valence-electron chi connectivity index (χ3n) is 5.34. The first kappa shape index (κ1) is 40.4. The van der Waals surface area contributed by atoms with Crippen LogP contribution >= 0.6 is 69.6 Å². The first-order valence-corrected chi connectivity index (χ1v) is 13.5. The maximum atomic E-state index is 15.0. The van der Waals surface area contributed by atoms with Crippen molar-refractivity contribution in [1.82, 2.24) is 0 Å². The topological polar surface area (TPSA) is 130 Å². The van der Waals surface area contributed by atoms with Gasteiger partial charge in [-0.15, -0.1) is 30.9 Å². The molecule has 0 fully saturated rings. The van der Waals surface area contributed by atoms with Gasteiger partial charge < -0.3 is 28.5 Å². The average Bonchev–Trinajstić information content (AvgIpc) is 3.07. The Kier molecular flexibility index (Phi) is 12.7. The van der Waals surface area contributed by atoms with Crippen molar-refractivity contribution in [1.29, 1.82) is 0 Å². The minimum Gasteiger partial charge on any atom is -0.535 e. The fraction of sp³-hybridized carbons (Fsp3) is 0. The van der Waals surface area contributed by atoms with E-state index in [9.17, 15) is 26.3 Å². The Hall–Kier alpha value is -3.05. The van der Waals surface area contributed by atoms with Crippen molar-refractivity contribution in [2.45, 2.75) is 0 Å². The average molecular weight is 876 g/mol. The van der Waals surface area contributed by atoms with Crippen LogP contribution in [-0.2, 0) is 45.6 Å². The van der Waals surface area contributed by atoms with Crippen LogP contribution < -0.4 is 10.9 Å². The predicted molar refractivity (Wildman–Crippen MR) is 149 cm³/mol. The van der Waals surface area contributed by atoms with E-state index >= 15 is 17.6 Å². The largest absolute Gasteiger partial charge is 2.00 e. The fourth-order valence-corrected chi connectivity index (χ4v) is 3.66. The standard InChI is InChI=1S/C18B2Cl6F10N6O6.Fe/c21-13-16(24)40-46-20(2-5(29)9(33)12(36)10(34)6(2)30)47-41-17(25)14(22)38-44-19(43-37-13,45-39-15(23)18(26)42-48-20)1-3(27)7(31)11(35)8(32)4(1)28;/q-2;+2/b37-13-,38-14-,39-15-,40-16-,41-17-,42-18-;. The third kappa shape index (κ3) is 7.53. The first-order valence-electron chi connectivity index (χ1n) is 11.2. The van der Waals surface area contributed by atoms with Gasteiger partial charge in [0.05, 0.1) is 0 Å². The molecule has 0 aliphatic carbocycles. The van der Waals surface area contributed by atoms with Gasteiger partial charge in [-0.2, -0.15) is 0 Å². The number of nitrogens with zero attached hydrogens (tertiary/aromatic N) is 6. The second-order valence-electron chi connectivity index (χ2n) is 8.18. The number of oxime groups is 6. The minimum atomic E-state index is -5.04. The molecule has 0 unspecified atom stereocenters. The van der Waals surface area contributed by atoms with Gasteiger partial charge in [-0.3, -0.25) is 0 Å². The van der Waals surface area contributed by atoms with Crippen molar-refractivity contribution in [3.63, 3.8) is 0 Å². The number of hydrogen-bond acceptors (Lipinski definition) is 12. The van der Waals surface area contributed by atoms with Gasteiger partial charge in [-0.05, 0) is 0 Å². The van der Waals surface area contributed by atoms with Crippen molar-refractivity contribution in [2.75, 3.05) is 0 Å². The minimum absolute atomic E-state index is 0. The fourth-order valence-electron chi connectivity index (χ4n) is 3.22. The summed E-state index contributed by atoms with van der Waals surface area (Å²) in [4.78, 5) is 0. The van der Waals surface area contributed by atoms with E-state index in [1.165, 1.54) is 0 Å². The van der Waals surface area contributed by atoms with Gasteiger partial charge >= 0.3 is 30.6 Å². The van der Waals surface area contributed by atoms with Crippen molar-refractivity contribution < 1.29 is 89.5 Å². The van der Waals surface area contributed by atoms with Crippen molar-refractivity contribution >= 4 is 125 Å². The van der Waals surface area contributed by atoms with Crippen molar-refractivity contribution in [2.24, 2.45) is 30.9 Å². The zero-order valence-electron chi connectivity index (χ0n) is 21.7. The second-order valence-corrected chi connectivity index (χ2v) is 10.3. The molecule has 2 aromatic carbocycles. The summed E-state index contributed by atoms with van der Waals surface area (Å²) >= 11 is 34.6. The van der Waals surface area contributed by atoms with E-state index in [2.05, 4.69) is 30.9 Å². The number of rotatable bonds is 2. The van der Waals surface area contributed by atoms with E-state index in [0.717, 1.165) is 0 Å². The molecule has 2 aromatic rings. The summed E-state index contributed by atoms with van der Waals surface area (Å²) in [6.45, 7) is -10.1. The molecule has 3 heterocycles. The summed E-state index contributed by atoms with van der Waals surface area (Å²) in [5.41, 5.74) is -4.38. The normalized spacial score (nSPS) is 27.9. The molecule has 0 radical (unpaired) electrons. The molecule has 49 heavy (non-hydrogen) atoms. The SMILES string of the molecule is Fc1c(F)c(F)c([B-]23O/N=C(Cl)/C(Cl)=N/O[B-](c4c(F)c(F)c(F)c(F)c4F)(O/N=C(Cl)/C(Cl)=N/O2)O/N=C(Cl)/C(Cl)=N/O3)c(F)c1F.[Fe+2]. The molecule has 0 saturated heterocycles. The molecular formula is C18B2Cl6F10FeN6O6. The zero-order valence-corrected chi connectivity index (χ0v) is 27.3. The molecule has 2 bridgehead atoms. The molecule has 0 spiro atoms. The zero-order chi connectivity index (χ0) is 35.9. The summed E-state index contributed by atoms with van der Waals surface area (Å²) in [5, 5.41) is 9.33. The van der Waals surface area contributed by atoms with Crippen LogP contribution in [0.5, 0.6) is 0 Å². The smallest absolute Gasteiger partial charge is 0.535 e. The molecule has 5 rings (SSSR count). The van der Waals surface area contributed by atoms with Gasteiger partial charge in [-0.1, -0.05) is 69.6 Å². The van der Waals surface area contributed by atoms with E-state index in [1.54, 1.807) is 0 Å². The summed E-state index contributed by atoms with van der Waals surface area (Å²) in [6.07, 6.45) is 0. The monoisotopic (exact) mass is 874 g/mol. The summed E-state index contributed by atoms with van der Waals surface area (Å²) in [6, 6.07) is 0. The Balaban J connectivity index is 0.00000650. The van der Waals surface area contributed by atoms with Gasteiger partial charge in [-0.25, -0.2) is 43.9 Å². The summed E-state index contributed by atoms with van der Waals surface area (Å²) in [5.74, 6) is -26.8.